The lowest BCUT2D eigenvalue weighted by molar-refractivity contribution is 0.339. The third kappa shape index (κ3) is 4.32. The molecular weight excluding hydrogens is 242 g/mol. The van der Waals surface area contributed by atoms with Gasteiger partial charge < -0.3 is 19.9 Å². The molecule has 1 rings (SSSR count). The van der Waals surface area contributed by atoms with Crippen LogP contribution in [-0.2, 0) is 6.54 Å². The maximum Gasteiger partial charge on any atom is 0.200 e. The van der Waals surface area contributed by atoms with E-state index in [2.05, 4.69) is 12.2 Å². The molecule has 0 bridgehead atoms. The highest BCUT2D eigenvalue weighted by Gasteiger charge is 2.10. The Morgan fingerprint density at radius 3 is 2.12 bits per heavy atom. The Balaban J connectivity index is 0.00000256. The first-order valence-corrected chi connectivity index (χ1v) is 5.37. The van der Waals surface area contributed by atoms with Gasteiger partial charge in [-0.2, -0.15) is 0 Å². The minimum Gasteiger partial charge on any atom is -0.502 e. The predicted octanol–water partition coefficient (Wildman–Crippen LogP) is 2.33. The Hall–Kier alpha value is -1.13. The van der Waals surface area contributed by atoms with Crippen LogP contribution >= 0.6 is 12.4 Å². The summed E-state index contributed by atoms with van der Waals surface area (Å²) in [5.74, 6) is 0.921. The number of methoxy groups -OCH3 is 2. The maximum absolute atomic E-state index is 9.71. The molecule has 0 aliphatic carbocycles. The summed E-state index contributed by atoms with van der Waals surface area (Å²) in [6, 6.07) is 3.61. The zero-order chi connectivity index (χ0) is 12.0. The normalized spacial score (nSPS) is 9.59. The van der Waals surface area contributed by atoms with Gasteiger partial charge in [-0.1, -0.05) is 6.92 Å². The summed E-state index contributed by atoms with van der Waals surface area (Å²) in [5.41, 5.74) is 1.03. The monoisotopic (exact) mass is 261 g/mol. The topological polar surface area (TPSA) is 50.7 Å². The van der Waals surface area contributed by atoms with Gasteiger partial charge in [0.2, 0.25) is 5.75 Å². The van der Waals surface area contributed by atoms with Gasteiger partial charge in [0.15, 0.2) is 11.5 Å². The smallest absolute Gasteiger partial charge is 0.200 e. The Kier molecular flexibility index (Phi) is 7.50. The number of hydrogen-bond acceptors (Lipinski definition) is 4. The summed E-state index contributed by atoms with van der Waals surface area (Å²) in [5, 5.41) is 13.0. The van der Waals surface area contributed by atoms with Crippen molar-refractivity contribution in [1.29, 1.82) is 0 Å². The molecule has 0 fully saturated rings. The quantitative estimate of drug-likeness (QED) is 0.772. The van der Waals surface area contributed by atoms with Crippen LogP contribution in [0.2, 0.25) is 0 Å². The van der Waals surface area contributed by atoms with E-state index in [1.54, 1.807) is 12.1 Å². The second kappa shape index (κ2) is 8.03. The van der Waals surface area contributed by atoms with Crippen LogP contribution in [0, 0.1) is 0 Å². The van der Waals surface area contributed by atoms with Gasteiger partial charge >= 0.3 is 0 Å². The number of hydrogen-bond donors (Lipinski definition) is 2. The van der Waals surface area contributed by atoms with Crippen LogP contribution in [-0.4, -0.2) is 25.9 Å². The average molecular weight is 262 g/mol. The summed E-state index contributed by atoms with van der Waals surface area (Å²) < 4.78 is 10.2. The van der Waals surface area contributed by atoms with E-state index in [1.807, 2.05) is 0 Å². The van der Waals surface area contributed by atoms with Crippen LogP contribution in [0.4, 0.5) is 0 Å². The number of benzene rings is 1. The molecule has 1 aromatic rings. The minimum atomic E-state index is 0. The van der Waals surface area contributed by atoms with Crippen LogP contribution in [0.25, 0.3) is 0 Å². The van der Waals surface area contributed by atoms with E-state index < -0.39 is 0 Å². The number of nitrogens with one attached hydrogen (secondary N) is 1. The Morgan fingerprint density at radius 2 is 1.71 bits per heavy atom. The van der Waals surface area contributed by atoms with Crippen LogP contribution in [0.15, 0.2) is 12.1 Å². The summed E-state index contributed by atoms with van der Waals surface area (Å²) in [4.78, 5) is 0. The predicted molar refractivity (Wildman–Crippen MR) is 70.5 cm³/mol. The summed E-state index contributed by atoms with van der Waals surface area (Å²) >= 11 is 0. The molecule has 5 heteroatoms. The number of halogens is 1. The zero-order valence-corrected chi connectivity index (χ0v) is 11.3. The first-order chi connectivity index (χ1) is 7.72. The van der Waals surface area contributed by atoms with Crippen LogP contribution in [0.1, 0.15) is 18.9 Å². The van der Waals surface area contributed by atoms with E-state index in [1.165, 1.54) is 14.2 Å². The fourth-order valence-electron chi connectivity index (χ4n) is 1.46. The van der Waals surface area contributed by atoms with Gasteiger partial charge in [-0.05, 0) is 30.7 Å². The number of aromatic hydroxyl groups is 1. The molecule has 0 aliphatic heterocycles. The van der Waals surface area contributed by atoms with Crippen molar-refractivity contribution in [3.8, 4) is 17.2 Å². The van der Waals surface area contributed by atoms with Gasteiger partial charge in [0.1, 0.15) is 0 Å². The Bertz CT molecular complexity index is 320. The van der Waals surface area contributed by atoms with E-state index in [4.69, 9.17) is 9.47 Å². The molecule has 0 amide bonds. The molecule has 2 N–H and O–H groups in total. The Labute approximate surface area is 108 Å². The molecule has 0 saturated carbocycles. The van der Waals surface area contributed by atoms with Crippen molar-refractivity contribution in [3.63, 3.8) is 0 Å². The van der Waals surface area contributed by atoms with Crippen LogP contribution in [0.3, 0.4) is 0 Å². The van der Waals surface area contributed by atoms with Crippen molar-refractivity contribution in [2.45, 2.75) is 19.9 Å². The molecular formula is C12H20ClNO3. The van der Waals surface area contributed by atoms with E-state index in [9.17, 15) is 5.11 Å². The SMILES string of the molecule is CCCNCc1cc(OC)c(O)c(OC)c1.Cl. The summed E-state index contributed by atoms with van der Waals surface area (Å²) in [6.07, 6.45) is 1.09. The van der Waals surface area contributed by atoms with Gasteiger partial charge in [0.05, 0.1) is 14.2 Å². The number of rotatable bonds is 6. The minimum absolute atomic E-state index is 0. The molecule has 98 valence electrons. The van der Waals surface area contributed by atoms with Crippen molar-refractivity contribution < 1.29 is 14.6 Å². The van der Waals surface area contributed by atoms with Crippen molar-refractivity contribution >= 4 is 12.4 Å². The van der Waals surface area contributed by atoms with E-state index in [0.29, 0.717) is 11.5 Å². The number of phenols is 1. The van der Waals surface area contributed by atoms with Crippen molar-refractivity contribution in [3.05, 3.63) is 17.7 Å². The maximum atomic E-state index is 9.71. The van der Waals surface area contributed by atoms with Crippen molar-refractivity contribution in [2.75, 3.05) is 20.8 Å². The lowest BCUT2D eigenvalue weighted by atomic mass is 10.2. The molecule has 0 aliphatic rings. The van der Waals surface area contributed by atoms with E-state index >= 15 is 0 Å². The molecule has 4 nitrogen and oxygen atoms in total. The molecule has 0 heterocycles. The highest BCUT2D eigenvalue weighted by molar-refractivity contribution is 5.85. The van der Waals surface area contributed by atoms with Gasteiger partial charge in [-0.3, -0.25) is 0 Å². The highest BCUT2D eigenvalue weighted by Crippen LogP contribution is 2.36. The van der Waals surface area contributed by atoms with Crippen LogP contribution < -0.4 is 14.8 Å². The summed E-state index contributed by atoms with van der Waals surface area (Å²) in [6.45, 7) is 3.82. The summed E-state index contributed by atoms with van der Waals surface area (Å²) in [7, 11) is 3.05. The lowest BCUT2D eigenvalue weighted by Crippen LogP contribution is -2.13. The third-order valence-corrected chi connectivity index (χ3v) is 2.30. The largest absolute Gasteiger partial charge is 0.502 e. The van der Waals surface area contributed by atoms with Gasteiger partial charge in [0, 0.05) is 6.54 Å². The first-order valence-electron chi connectivity index (χ1n) is 5.37. The lowest BCUT2D eigenvalue weighted by Gasteiger charge is -2.11. The van der Waals surface area contributed by atoms with E-state index in [-0.39, 0.29) is 18.2 Å². The van der Waals surface area contributed by atoms with Gasteiger partial charge in [-0.15, -0.1) is 12.4 Å². The van der Waals surface area contributed by atoms with Crippen molar-refractivity contribution in [2.24, 2.45) is 0 Å². The second-order valence-electron chi connectivity index (χ2n) is 3.53. The molecule has 0 unspecified atom stereocenters. The molecule has 0 radical (unpaired) electrons. The van der Waals surface area contributed by atoms with Crippen molar-refractivity contribution in [1.82, 2.24) is 5.32 Å². The Morgan fingerprint density at radius 1 is 1.18 bits per heavy atom. The zero-order valence-electron chi connectivity index (χ0n) is 10.4. The fourth-order valence-corrected chi connectivity index (χ4v) is 1.46. The van der Waals surface area contributed by atoms with Crippen LogP contribution in [0.5, 0.6) is 17.2 Å². The molecule has 0 aromatic heterocycles. The highest BCUT2D eigenvalue weighted by atomic mass is 35.5. The number of phenolic OH excluding ortho intramolecular Hbond substituents is 1. The molecule has 1 aromatic carbocycles. The molecule has 17 heavy (non-hydrogen) atoms. The first kappa shape index (κ1) is 15.9. The van der Waals surface area contributed by atoms with Gasteiger partial charge in [0.25, 0.3) is 0 Å². The molecule has 0 saturated heterocycles. The fraction of sp³-hybridized carbons (Fsp3) is 0.500. The average Bonchev–Trinajstić information content (AvgIpc) is 2.31. The molecule has 0 spiro atoms. The standard InChI is InChI=1S/C12H19NO3.ClH/c1-4-5-13-8-9-6-10(15-2)12(14)11(7-9)16-3;/h6-7,13-14H,4-5,8H2,1-3H3;1H. The van der Waals surface area contributed by atoms with Gasteiger partial charge in [-0.25, -0.2) is 0 Å². The van der Waals surface area contributed by atoms with E-state index in [0.717, 1.165) is 25.1 Å². The third-order valence-electron chi connectivity index (χ3n) is 2.30. The second-order valence-corrected chi connectivity index (χ2v) is 3.53. The number of ether oxygens (including phenoxy) is 2. The molecule has 0 atom stereocenters.